The van der Waals surface area contributed by atoms with E-state index < -0.39 is 6.10 Å². The highest BCUT2D eigenvalue weighted by Gasteiger charge is 2.08. The van der Waals surface area contributed by atoms with Crippen molar-refractivity contribution < 1.29 is 5.11 Å². The summed E-state index contributed by atoms with van der Waals surface area (Å²) in [6.45, 7) is 3.29. The van der Waals surface area contributed by atoms with Crippen LogP contribution < -0.4 is 5.32 Å². The lowest BCUT2D eigenvalue weighted by molar-refractivity contribution is 0.175. The molecule has 5 heteroatoms. The zero-order valence-electron chi connectivity index (χ0n) is 10.1. The van der Waals surface area contributed by atoms with Gasteiger partial charge in [0.05, 0.1) is 11.8 Å². The minimum atomic E-state index is -0.432. The van der Waals surface area contributed by atoms with Crippen LogP contribution in [0.4, 0.5) is 0 Å². The number of aliphatic hydroxyl groups excluding tert-OH is 1. The average molecular weight is 251 g/mol. The van der Waals surface area contributed by atoms with Gasteiger partial charge in [0.2, 0.25) is 0 Å². The summed E-state index contributed by atoms with van der Waals surface area (Å²) in [7, 11) is 1.91. The lowest BCUT2D eigenvalue weighted by Gasteiger charge is -2.09. The van der Waals surface area contributed by atoms with Gasteiger partial charge in [0, 0.05) is 31.9 Å². The Morgan fingerprint density at radius 2 is 2.41 bits per heavy atom. The van der Waals surface area contributed by atoms with E-state index in [1.165, 1.54) is 5.56 Å². The predicted molar refractivity (Wildman–Crippen MR) is 68.9 cm³/mol. The van der Waals surface area contributed by atoms with E-state index in [0.29, 0.717) is 6.54 Å². The van der Waals surface area contributed by atoms with E-state index in [1.54, 1.807) is 11.3 Å². The standard InChI is InChI=1S/C12H17N3OS/c1-9-11(7-15(2)14-9)5-13-6-12(16)10-3-4-17-8-10/h3-4,7-8,12-13,16H,5-6H2,1-2H3. The number of aryl methyl sites for hydroxylation is 2. The van der Waals surface area contributed by atoms with Crippen molar-refractivity contribution in [3.05, 3.63) is 39.8 Å². The zero-order chi connectivity index (χ0) is 12.3. The van der Waals surface area contributed by atoms with Crippen LogP contribution in [0.1, 0.15) is 22.9 Å². The minimum Gasteiger partial charge on any atom is -0.387 e. The van der Waals surface area contributed by atoms with Crippen LogP contribution in [0.25, 0.3) is 0 Å². The Morgan fingerprint density at radius 1 is 1.59 bits per heavy atom. The molecule has 0 aromatic carbocycles. The van der Waals surface area contributed by atoms with E-state index >= 15 is 0 Å². The van der Waals surface area contributed by atoms with Crippen LogP contribution in [0.3, 0.4) is 0 Å². The minimum absolute atomic E-state index is 0.432. The van der Waals surface area contributed by atoms with Gasteiger partial charge < -0.3 is 10.4 Å². The Labute approximate surface area is 105 Å². The Morgan fingerprint density at radius 3 is 3.00 bits per heavy atom. The fourth-order valence-corrected chi connectivity index (χ4v) is 2.46. The molecule has 0 amide bonds. The monoisotopic (exact) mass is 251 g/mol. The molecule has 4 nitrogen and oxygen atoms in total. The molecule has 2 aromatic heterocycles. The number of aliphatic hydroxyl groups is 1. The number of aromatic nitrogens is 2. The van der Waals surface area contributed by atoms with Gasteiger partial charge >= 0.3 is 0 Å². The molecule has 0 aliphatic carbocycles. The molecule has 2 aromatic rings. The molecule has 2 heterocycles. The van der Waals surface area contributed by atoms with Crippen LogP contribution >= 0.6 is 11.3 Å². The van der Waals surface area contributed by atoms with Crippen molar-refractivity contribution in [1.29, 1.82) is 0 Å². The molecule has 1 atom stereocenters. The molecule has 2 N–H and O–H groups in total. The molecule has 17 heavy (non-hydrogen) atoms. The van der Waals surface area contributed by atoms with Crippen molar-refractivity contribution >= 4 is 11.3 Å². The third kappa shape index (κ3) is 3.15. The topological polar surface area (TPSA) is 50.1 Å². The number of nitrogens with zero attached hydrogens (tertiary/aromatic N) is 2. The molecule has 0 fully saturated rings. The van der Waals surface area contributed by atoms with Gasteiger partial charge in [-0.2, -0.15) is 16.4 Å². The molecule has 0 saturated carbocycles. The van der Waals surface area contributed by atoms with Gasteiger partial charge in [0.15, 0.2) is 0 Å². The van der Waals surface area contributed by atoms with Gasteiger partial charge in [-0.1, -0.05) is 0 Å². The first-order chi connectivity index (χ1) is 8.16. The van der Waals surface area contributed by atoms with Gasteiger partial charge in [-0.05, 0) is 29.3 Å². The predicted octanol–water partition coefficient (Wildman–Crippen LogP) is 1.61. The molecular formula is C12H17N3OS. The van der Waals surface area contributed by atoms with Crippen LogP contribution in [0.15, 0.2) is 23.0 Å². The molecular weight excluding hydrogens is 234 g/mol. The van der Waals surface area contributed by atoms with Gasteiger partial charge in [0.25, 0.3) is 0 Å². The smallest absolute Gasteiger partial charge is 0.0922 e. The molecule has 0 aliphatic heterocycles. The Balaban J connectivity index is 1.82. The summed E-state index contributed by atoms with van der Waals surface area (Å²) in [5, 5.41) is 21.4. The van der Waals surface area contributed by atoms with Crippen LogP contribution in [0, 0.1) is 6.92 Å². The highest BCUT2D eigenvalue weighted by atomic mass is 32.1. The highest BCUT2D eigenvalue weighted by Crippen LogP contribution is 2.15. The average Bonchev–Trinajstić information content (AvgIpc) is 2.89. The third-order valence-electron chi connectivity index (χ3n) is 2.70. The first-order valence-electron chi connectivity index (χ1n) is 5.57. The van der Waals surface area contributed by atoms with Crippen LogP contribution in [-0.4, -0.2) is 21.4 Å². The number of thiophene rings is 1. The summed E-state index contributed by atoms with van der Waals surface area (Å²) < 4.78 is 1.81. The van der Waals surface area contributed by atoms with Crippen molar-refractivity contribution in [1.82, 2.24) is 15.1 Å². The maximum absolute atomic E-state index is 9.89. The Hall–Kier alpha value is -1.17. The normalized spacial score (nSPS) is 12.9. The summed E-state index contributed by atoms with van der Waals surface area (Å²) in [6, 6.07) is 1.95. The van der Waals surface area contributed by atoms with Crippen molar-refractivity contribution in [3.8, 4) is 0 Å². The number of hydrogen-bond acceptors (Lipinski definition) is 4. The van der Waals surface area contributed by atoms with Gasteiger partial charge in [-0.25, -0.2) is 0 Å². The van der Waals surface area contributed by atoms with Crippen molar-refractivity contribution in [2.75, 3.05) is 6.54 Å². The molecule has 0 aliphatic rings. The van der Waals surface area contributed by atoms with E-state index in [0.717, 1.165) is 17.8 Å². The second-order valence-corrected chi connectivity index (χ2v) is 4.90. The van der Waals surface area contributed by atoms with E-state index in [2.05, 4.69) is 10.4 Å². The largest absolute Gasteiger partial charge is 0.387 e. The van der Waals surface area contributed by atoms with Gasteiger partial charge in [0.1, 0.15) is 0 Å². The third-order valence-corrected chi connectivity index (χ3v) is 3.40. The van der Waals surface area contributed by atoms with E-state index in [9.17, 15) is 5.11 Å². The highest BCUT2D eigenvalue weighted by molar-refractivity contribution is 7.07. The van der Waals surface area contributed by atoms with Crippen molar-refractivity contribution in [3.63, 3.8) is 0 Å². The van der Waals surface area contributed by atoms with Crippen LogP contribution in [-0.2, 0) is 13.6 Å². The fraction of sp³-hybridized carbons (Fsp3) is 0.417. The second-order valence-electron chi connectivity index (χ2n) is 4.12. The number of rotatable bonds is 5. The molecule has 92 valence electrons. The SMILES string of the molecule is Cc1nn(C)cc1CNCC(O)c1ccsc1. The maximum Gasteiger partial charge on any atom is 0.0922 e. The summed E-state index contributed by atoms with van der Waals surface area (Å²) in [6.07, 6.45) is 1.57. The van der Waals surface area contributed by atoms with Crippen molar-refractivity contribution in [2.45, 2.75) is 19.6 Å². The van der Waals surface area contributed by atoms with Crippen LogP contribution in [0.2, 0.25) is 0 Å². The molecule has 0 radical (unpaired) electrons. The maximum atomic E-state index is 9.89. The summed E-state index contributed by atoms with van der Waals surface area (Å²) in [4.78, 5) is 0. The summed E-state index contributed by atoms with van der Waals surface area (Å²) in [5.74, 6) is 0. The number of nitrogens with one attached hydrogen (secondary N) is 1. The van der Waals surface area contributed by atoms with E-state index in [1.807, 2.05) is 41.7 Å². The number of hydrogen-bond donors (Lipinski definition) is 2. The van der Waals surface area contributed by atoms with Gasteiger partial charge in [-0.3, -0.25) is 4.68 Å². The lowest BCUT2D eigenvalue weighted by atomic mass is 10.2. The van der Waals surface area contributed by atoms with E-state index in [4.69, 9.17) is 0 Å². The molecule has 2 rings (SSSR count). The van der Waals surface area contributed by atoms with E-state index in [-0.39, 0.29) is 0 Å². The molecule has 0 spiro atoms. The molecule has 1 unspecified atom stereocenters. The Bertz CT molecular complexity index is 464. The first kappa shape index (κ1) is 12.3. The first-order valence-corrected chi connectivity index (χ1v) is 6.51. The fourth-order valence-electron chi connectivity index (χ4n) is 1.75. The van der Waals surface area contributed by atoms with Crippen LogP contribution in [0.5, 0.6) is 0 Å². The summed E-state index contributed by atoms with van der Waals surface area (Å²) >= 11 is 1.60. The summed E-state index contributed by atoms with van der Waals surface area (Å²) in [5.41, 5.74) is 3.18. The molecule has 0 saturated heterocycles. The Kier molecular flexibility index (Phi) is 3.93. The second kappa shape index (κ2) is 5.44. The van der Waals surface area contributed by atoms with Crippen molar-refractivity contribution in [2.24, 2.45) is 7.05 Å². The molecule has 0 bridgehead atoms. The zero-order valence-corrected chi connectivity index (χ0v) is 10.9. The lowest BCUT2D eigenvalue weighted by Crippen LogP contribution is -2.20. The van der Waals surface area contributed by atoms with Gasteiger partial charge in [-0.15, -0.1) is 0 Å². The quantitative estimate of drug-likeness (QED) is 0.849.